The van der Waals surface area contributed by atoms with E-state index in [1.54, 1.807) is 6.20 Å². The SMILES string of the molecule is OCCCCNc1cc(N2CCc3ccccc3CC2)nc(-c2ccccn2)n1. The van der Waals surface area contributed by atoms with Crippen LogP contribution in [-0.2, 0) is 12.8 Å². The van der Waals surface area contributed by atoms with Crippen molar-refractivity contribution >= 4 is 11.6 Å². The maximum absolute atomic E-state index is 9.00. The molecule has 3 aromatic rings. The van der Waals surface area contributed by atoms with Crippen molar-refractivity contribution in [2.24, 2.45) is 0 Å². The maximum Gasteiger partial charge on any atom is 0.182 e. The van der Waals surface area contributed by atoms with Gasteiger partial charge in [0.05, 0.1) is 0 Å². The summed E-state index contributed by atoms with van der Waals surface area (Å²) in [6.45, 7) is 2.84. The number of aromatic nitrogens is 3. The third-order valence-electron chi connectivity index (χ3n) is 5.24. The highest BCUT2D eigenvalue weighted by atomic mass is 16.2. The van der Waals surface area contributed by atoms with Crippen molar-refractivity contribution in [3.05, 3.63) is 65.9 Å². The van der Waals surface area contributed by atoms with E-state index in [4.69, 9.17) is 10.1 Å². The normalized spacial score (nSPS) is 13.6. The predicted molar refractivity (Wildman–Crippen MR) is 116 cm³/mol. The van der Waals surface area contributed by atoms with Crippen molar-refractivity contribution in [1.29, 1.82) is 0 Å². The van der Waals surface area contributed by atoms with E-state index in [2.05, 4.69) is 44.5 Å². The molecule has 0 spiro atoms. The van der Waals surface area contributed by atoms with Gasteiger partial charge in [0.25, 0.3) is 0 Å². The molecular formula is C23H27N5O. The number of aliphatic hydroxyl groups is 1. The molecular weight excluding hydrogens is 362 g/mol. The van der Waals surface area contributed by atoms with Crippen LogP contribution in [0.2, 0.25) is 0 Å². The maximum atomic E-state index is 9.00. The Morgan fingerprint density at radius 1 is 0.931 bits per heavy atom. The Morgan fingerprint density at radius 2 is 1.69 bits per heavy atom. The lowest BCUT2D eigenvalue weighted by Gasteiger charge is -2.22. The molecule has 29 heavy (non-hydrogen) atoms. The lowest BCUT2D eigenvalue weighted by molar-refractivity contribution is 0.286. The van der Waals surface area contributed by atoms with Crippen LogP contribution >= 0.6 is 0 Å². The van der Waals surface area contributed by atoms with E-state index in [9.17, 15) is 0 Å². The summed E-state index contributed by atoms with van der Waals surface area (Å²) >= 11 is 0. The van der Waals surface area contributed by atoms with Crippen LogP contribution in [0.15, 0.2) is 54.7 Å². The van der Waals surface area contributed by atoms with Gasteiger partial charge in [0.15, 0.2) is 5.82 Å². The number of hydrogen-bond acceptors (Lipinski definition) is 6. The molecule has 6 nitrogen and oxygen atoms in total. The first-order valence-corrected chi connectivity index (χ1v) is 10.3. The zero-order chi connectivity index (χ0) is 19.9. The minimum Gasteiger partial charge on any atom is -0.396 e. The molecule has 0 radical (unpaired) electrons. The number of aliphatic hydroxyl groups excluding tert-OH is 1. The van der Waals surface area contributed by atoms with Gasteiger partial charge in [-0.25, -0.2) is 9.97 Å². The average Bonchev–Trinajstić information content (AvgIpc) is 3.00. The van der Waals surface area contributed by atoms with Crippen LogP contribution < -0.4 is 10.2 Å². The van der Waals surface area contributed by atoms with Gasteiger partial charge in [0, 0.05) is 38.5 Å². The van der Waals surface area contributed by atoms with E-state index in [-0.39, 0.29) is 6.61 Å². The fourth-order valence-electron chi connectivity index (χ4n) is 3.65. The first-order chi connectivity index (χ1) is 14.3. The molecule has 6 heteroatoms. The van der Waals surface area contributed by atoms with Gasteiger partial charge >= 0.3 is 0 Å². The number of unbranched alkanes of at least 4 members (excludes halogenated alkanes) is 1. The van der Waals surface area contributed by atoms with Gasteiger partial charge in [-0.3, -0.25) is 4.98 Å². The summed E-state index contributed by atoms with van der Waals surface area (Å²) in [5.74, 6) is 2.36. The molecule has 0 aliphatic carbocycles. The summed E-state index contributed by atoms with van der Waals surface area (Å²) < 4.78 is 0. The van der Waals surface area contributed by atoms with Crippen LogP contribution in [0.3, 0.4) is 0 Å². The Balaban J connectivity index is 1.59. The molecule has 0 unspecified atom stereocenters. The molecule has 0 fully saturated rings. The Morgan fingerprint density at radius 3 is 2.38 bits per heavy atom. The number of pyridine rings is 1. The van der Waals surface area contributed by atoms with Crippen molar-refractivity contribution < 1.29 is 5.11 Å². The largest absolute Gasteiger partial charge is 0.396 e. The standard InChI is InChI=1S/C23H27N5O/c29-16-6-5-13-25-21-17-22(27-23(26-21)20-9-3-4-12-24-20)28-14-10-18-7-1-2-8-19(18)11-15-28/h1-4,7-9,12,17,29H,5-6,10-11,13-16H2,(H,25,26,27). The number of nitrogens with zero attached hydrogens (tertiary/aromatic N) is 4. The van der Waals surface area contributed by atoms with Crippen molar-refractivity contribution in [3.63, 3.8) is 0 Å². The van der Waals surface area contributed by atoms with Gasteiger partial charge in [-0.1, -0.05) is 30.3 Å². The number of benzene rings is 1. The van der Waals surface area contributed by atoms with E-state index in [1.807, 2.05) is 24.3 Å². The molecule has 0 saturated heterocycles. The summed E-state index contributed by atoms with van der Waals surface area (Å²) in [5.41, 5.74) is 3.62. The van der Waals surface area contributed by atoms with E-state index in [0.717, 1.165) is 62.6 Å². The second kappa shape index (κ2) is 9.47. The summed E-state index contributed by atoms with van der Waals surface area (Å²) in [5, 5.41) is 12.4. The predicted octanol–water partition coefficient (Wildman–Crippen LogP) is 3.33. The van der Waals surface area contributed by atoms with Crippen LogP contribution in [0.5, 0.6) is 0 Å². The van der Waals surface area contributed by atoms with Crippen LogP contribution in [-0.4, -0.2) is 46.3 Å². The van der Waals surface area contributed by atoms with Crippen molar-refractivity contribution in [2.45, 2.75) is 25.7 Å². The highest BCUT2D eigenvalue weighted by Gasteiger charge is 2.17. The quantitative estimate of drug-likeness (QED) is 0.604. The molecule has 0 atom stereocenters. The molecule has 3 heterocycles. The van der Waals surface area contributed by atoms with E-state index < -0.39 is 0 Å². The topological polar surface area (TPSA) is 74.2 Å². The van der Waals surface area contributed by atoms with Gasteiger partial charge in [-0.2, -0.15) is 0 Å². The lowest BCUT2D eigenvalue weighted by Crippen LogP contribution is -2.27. The Hall–Kier alpha value is -2.99. The Bertz CT molecular complexity index is 905. The molecule has 1 aliphatic heterocycles. The van der Waals surface area contributed by atoms with Gasteiger partial charge in [-0.15, -0.1) is 0 Å². The first kappa shape index (κ1) is 19.3. The monoisotopic (exact) mass is 389 g/mol. The highest BCUT2D eigenvalue weighted by Crippen LogP contribution is 2.24. The van der Waals surface area contributed by atoms with Crippen LogP contribution in [0.25, 0.3) is 11.5 Å². The van der Waals surface area contributed by atoms with Crippen LogP contribution in [0.1, 0.15) is 24.0 Å². The Labute approximate surface area is 171 Å². The average molecular weight is 390 g/mol. The van der Waals surface area contributed by atoms with Gasteiger partial charge < -0.3 is 15.3 Å². The first-order valence-electron chi connectivity index (χ1n) is 10.3. The van der Waals surface area contributed by atoms with Gasteiger partial charge in [0.1, 0.15) is 17.3 Å². The number of anilines is 2. The summed E-state index contributed by atoms with van der Waals surface area (Å²) in [7, 11) is 0. The molecule has 4 rings (SSSR count). The van der Waals surface area contributed by atoms with E-state index in [0.29, 0.717) is 5.82 Å². The minimum absolute atomic E-state index is 0.213. The highest BCUT2D eigenvalue weighted by molar-refractivity contribution is 5.59. The zero-order valence-electron chi connectivity index (χ0n) is 16.6. The van der Waals surface area contributed by atoms with Crippen molar-refractivity contribution in [1.82, 2.24) is 15.0 Å². The Kier molecular flexibility index (Phi) is 6.32. The second-order valence-electron chi connectivity index (χ2n) is 7.26. The third-order valence-corrected chi connectivity index (χ3v) is 5.24. The van der Waals surface area contributed by atoms with Crippen molar-refractivity contribution in [3.8, 4) is 11.5 Å². The van der Waals surface area contributed by atoms with E-state index in [1.165, 1.54) is 11.1 Å². The zero-order valence-corrected chi connectivity index (χ0v) is 16.6. The third kappa shape index (κ3) is 4.90. The lowest BCUT2D eigenvalue weighted by atomic mass is 10.0. The molecule has 0 amide bonds. The molecule has 150 valence electrons. The number of nitrogens with one attached hydrogen (secondary N) is 1. The molecule has 1 aliphatic rings. The summed E-state index contributed by atoms with van der Waals surface area (Å²) in [6, 6.07) is 16.5. The number of hydrogen-bond donors (Lipinski definition) is 2. The summed E-state index contributed by atoms with van der Waals surface area (Å²) in [4.78, 5) is 16.3. The second-order valence-corrected chi connectivity index (χ2v) is 7.26. The molecule has 1 aromatic carbocycles. The number of fused-ring (bicyclic) bond motifs is 1. The fraction of sp³-hybridized carbons (Fsp3) is 0.348. The molecule has 0 saturated carbocycles. The van der Waals surface area contributed by atoms with E-state index >= 15 is 0 Å². The molecule has 2 N–H and O–H groups in total. The summed E-state index contributed by atoms with van der Waals surface area (Å²) in [6.07, 6.45) is 5.47. The smallest absolute Gasteiger partial charge is 0.182 e. The molecule has 0 bridgehead atoms. The van der Waals surface area contributed by atoms with Crippen molar-refractivity contribution in [2.75, 3.05) is 36.5 Å². The van der Waals surface area contributed by atoms with Crippen LogP contribution in [0, 0.1) is 0 Å². The van der Waals surface area contributed by atoms with Gasteiger partial charge in [0.2, 0.25) is 0 Å². The molecule has 2 aromatic heterocycles. The van der Waals surface area contributed by atoms with Gasteiger partial charge in [-0.05, 0) is 48.9 Å². The van der Waals surface area contributed by atoms with Crippen LogP contribution in [0.4, 0.5) is 11.6 Å². The minimum atomic E-state index is 0.213. The number of rotatable bonds is 7. The fourth-order valence-corrected chi connectivity index (χ4v) is 3.65.